The van der Waals surface area contributed by atoms with E-state index in [1.807, 2.05) is 0 Å². The largest absolute Gasteiger partial charge is 0.371 e. The topological polar surface area (TPSA) is 91.0 Å². The Balaban J connectivity index is 1.55. The summed E-state index contributed by atoms with van der Waals surface area (Å²) in [6, 6.07) is 8.87. The average molecular weight is 413 g/mol. The van der Waals surface area contributed by atoms with Crippen molar-refractivity contribution in [2.45, 2.75) is 25.3 Å². The molecule has 9 heteroatoms. The highest BCUT2D eigenvalue weighted by Crippen LogP contribution is 2.27. The molecule has 2 amide bonds. The molecule has 1 saturated heterocycles. The fraction of sp³-hybridized carbons (Fsp3) is 0.286. The van der Waals surface area contributed by atoms with E-state index in [1.54, 1.807) is 6.07 Å². The molecular formula is C21H21F2N5O2. The zero-order valence-electron chi connectivity index (χ0n) is 16.1. The average Bonchev–Trinajstić information content (AvgIpc) is 3.38. The molecule has 7 nitrogen and oxygen atoms in total. The molecule has 2 aromatic rings. The van der Waals surface area contributed by atoms with Gasteiger partial charge in [0.2, 0.25) is 5.91 Å². The molecule has 30 heavy (non-hydrogen) atoms. The molecule has 3 N–H and O–H groups in total. The van der Waals surface area contributed by atoms with E-state index in [0.717, 1.165) is 25.9 Å². The number of nitrogens with zero attached hydrogens (tertiary/aromatic N) is 3. The highest BCUT2D eigenvalue weighted by Gasteiger charge is 2.35. The number of benzene rings is 2. The SMILES string of the molecule is NC(=O)C1CC(C(=O)Nc2cc(F)cc(N3CCCC3)c2)=NN1c1ccc(F)cc1. The second-order valence-electron chi connectivity index (χ2n) is 7.34. The van der Waals surface area contributed by atoms with Gasteiger partial charge in [0.15, 0.2) is 0 Å². The molecule has 0 saturated carbocycles. The van der Waals surface area contributed by atoms with Crippen LogP contribution in [0.2, 0.25) is 0 Å². The Labute approximate surface area is 172 Å². The van der Waals surface area contributed by atoms with Gasteiger partial charge in [0.25, 0.3) is 5.91 Å². The summed E-state index contributed by atoms with van der Waals surface area (Å²) in [4.78, 5) is 26.7. The van der Waals surface area contributed by atoms with Crippen LogP contribution in [0, 0.1) is 11.6 Å². The molecular weight excluding hydrogens is 392 g/mol. The van der Waals surface area contributed by atoms with Gasteiger partial charge in [-0.3, -0.25) is 14.6 Å². The van der Waals surface area contributed by atoms with E-state index < -0.39 is 29.5 Å². The highest BCUT2D eigenvalue weighted by molar-refractivity contribution is 6.44. The summed E-state index contributed by atoms with van der Waals surface area (Å²) < 4.78 is 27.3. The van der Waals surface area contributed by atoms with Crippen molar-refractivity contribution in [3.63, 3.8) is 0 Å². The minimum Gasteiger partial charge on any atom is -0.371 e. The third-order valence-corrected chi connectivity index (χ3v) is 5.20. The fourth-order valence-electron chi connectivity index (χ4n) is 3.71. The Bertz CT molecular complexity index is 1000. The van der Waals surface area contributed by atoms with Gasteiger partial charge in [0.1, 0.15) is 23.4 Å². The van der Waals surface area contributed by atoms with Gasteiger partial charge < -0.3 is 16.0 Å². The second kappa shape index (κ2) is 8.10. The molecule has 0 aromatic heterocycles. The lowest BCUT2D eigenvalue weighted by atomic mass is 10.1. The van der Waals surface area contributed by atoms with E-state index in [0.29, 0.717) is 17.1 Å². The maximum absolute atomic E-state index is 14.1. The third-order valence-electron chi connectivity index (χ3n) is 5.20. The Hall–Kier alpha value is -3.49. The summed E-state index contributed by atoms with van der Waals surface area (Å²) in [7, 11) is 0. The molecule has 4 rings (SSSR count). The number of halogens is 2. The normalized spacial score (nSPS) is 18.5. The quantitative estimate of drug-likeness (QED) is 0.788. The van der Waals surface area contributed by atoms with E-state index in [2.05, 4.69) is 15.3 Å². The fourth-order valence-corrected chi connectivity index (χ4v) is 3.71. The lowest BCUT2D eigenvalue weighted by molar-refractivity contribution is -0.119. The number of rotatable bonds is 5. The van der Waals surface area contributed by atoms with Gasteiger partial charge in [-0.1, -0.05) is 0 Å². The van der Waals surface area contributed by atoms with E-state index in [-0.39, 0.29) is 12.1 Å². The maximum atomic E-state index is 14.1. The summed E-state index contributed by atoms with van der Waals surface area (Å²) in [6.07, 6.45) is 2.08. The van der Waals surface area contributed by atoms with Gasteiger partial charge in [0, 0.05) is 30.9 Å². The maximum Gasteiger partial charge on any atom is 0.271 e. The lowest BCUT2D eigenvalue weighted by Crippen LogP contribution is -2.39. The van der Waals surface area contributed by atoms with Crippen LogP contribution in [-0.2, 0) is 9.59 Å². The summed E-state index contributed by atoms with van der Waals surface area (Å²) >= 11 is 0. The molecule has 0 radical (unpaired) electrons. The zero-order valence-corrected chi connectivity index (χ0v) is 16.1. The van der Waals surface area contributed by atoms with Crippen LogP contribution in [0.3, 0.4) is 0 Å². The number of carbonyl (C=O) groups excluding carboxylic acids is 2. The first-order valence-electron chi connectivity index (χ1n) is 9.69. The highest BCUT2D eigenvalue weighted by atomic mass is 19.1. The lowest BCUT2D eigenvalue weighted by Gasteiger charge is -2.20. The molecule has 2 heterocycles. The van der Waals surface area contributed by atoms with Crippen LogP contribution in [0.15, 0.2) is 47.6 Å². The number of hydrogen-bond donors (Lipinski definition) is 2. The summed E-state index contributed by atoms with van der Waals surface area (Å²) in [5, 5.41) is 8.18. The van der Waals surface area contributed by atoms with E-state index >= 15 is 0 Å². The van der Waals surface area contributed by atoms with E-state index in [4.69, 9.17) is 5.73 Å². The van der Waals surface area contributed by atoms with Crippen LogP contribution < -0.4 is 21.0 Å². The number of amides is 2. The molecule has 0 bridgehead atoms. The number of carbonyl (C=O) groups is 2. The summed E-state index contributed by atoms with van der Waals surface area (Å²) in [6.45, 7) is 1.69. The van der Waals surface area contributed by atoms with Gasteiger partial charge in [-0.05, 0) is 55.3 Å². The number of hydrazone groups is 1. The van der Waals surface area contributed by atoms with Crippen molar-refractivity contribution in [1.29, 1.82) is 0 Å². The van der Waals surface area contributed by atoms with Crippen molar-refractivity contribution in [3.05, 3.63) is 54.1 Å². The Morgan fingerprint density at radius 1 is 1.00 bits per heavy atom. The molecule has 156 valence electrons. The first-order valence-corrected chi connectivity index (χ1v) is 9.69. The number of hydrogen-bond acceptors (Lipinski definition) is 5. The van der Waals surface area contributed by atoms with Crippen molar-refractivity contribution in [2.75, 3.05) is 28.3 Å². The first kappa shape index (κ1) is 19.8. The zero-order chi connectivity index (χ0) is 21.3. The second-order valence-corrected chi connectivity index (χ2v) is 7.34. The Kier molecular flexibility index (Phi) is 5.35. The monoisotopic (exact) mass is 413 g/mol. The van der Waals surface area contributed by atoms with Gasteiger partial charge in [0.05, 0.1) is 5.69 Å². The molecule has 1 fully saturated rings. The number of primary amides is 1. The van der Waals surface area contributed by atoms with Crippen molar-refractivity contribution in [1.82, 2.24) is 0 Å². The smallest absolute Gasteiger partial charge is 0.271 e. The minimum absolute atomic E-state index is 0.00710. The third kappa shape index (κ3) is 4.10. The van der Waals surface area contributed by atoms with Crippen molar-refractivity contribution in [2.24, 2.45) is 10.8 Å². The van der Waals surface area contributed by atoms with E-state index in [1.165, 1.54) is 41.4 Å². The van der Waals surface area contributed by atoms with Crippen LogP contribution in [0.1, 0.15) is 19.3 Å². The predicted molar refractivity (Wildman–Crippen MR) is 110 cm³/mol. The Morgan fingerprint density at radius 2 is 1.70 bits per heavy atom. The van der Waals surface area contributed by atoms with Gasteiger partial charge in [-0.25, -0.2) is 8.78 Å². The summed E-state index contributed by atoms with van der Waals surface area (Å²) in [5.74, 6) is -2.10. The van der Waals surface area contributed by atoms with Gasteiger partial charge >= 0.3 is 0 Å². The van der Waals surface area contributed by atoms with Crippen LogP contribution >= 0.6 is 0 Å². The van der Waals surface area contributed by atoms with Crippen molar-refractivity contribution < 1.29 is 18.4 Å². The van der Waals surface area contributed by atoms with E-state index in [9.17, 15) is 18.4 Å². The standard InChI is InChI=1S/C21H21F2N5O2/c22-13-3-5-16(6-4-13)28-19(20(24)29)12-18(26-28)21(30)25-15-9-14(23)10-17(11-15)27-7-1-2-8-27/h3-6,9-11,19H,1-2,7-8,12H2,(H2,24,29)(H,25,30). The predicted octanol–water partition coefficient (Wildman–Crippen LogP) is 2.62. The van der Waals surface area contributed by atoms with Crippen LogP contribution in [0.4, 0.5) is 25.8 Å². The van der Waals surface area contributed by atoms with Crippen LogP contribution in [0.25, 0.3) is 0 Å². The van der Waals surface area contributed by atoms with Gasteiger partial charge in [-0.2, -0.15) is 5.10 Å². The number of nitrogens with one attached hydrogen (secondary N) is 1. The molecule has 2 aromatic carbocycles. The molecule has 2 aliphatic heterocycles. The van der Waals surface area contributed by atoms with Crippen molar-refractivity contribution in [3.8, 4) is 0 Å². The summed E-state index contributed by atoms with van der Waals surface area (Å²) in [5.41, 5.74) is 6.99. The van der Waals surface area contributed by atoms with Gasteiger partial charge in [-0.15, -0.1) is 0 Å². The first-order chi connectivity index (χ1) is 14.4. The molecule has 1 atom stereocenters. The van der Waals surface area contributed by atoms with Crippen molar-refractivity contribution >= 4 is 34.6 Å². The Morgan fingerprint density at radius 3 is 2.37 bits per heavy atom. The molecule has 0 spiro atoms. The molecule has 0 aliphatic carbocycles. The number of anilines is 3. The minimum atomic E-state index is -0.871. The number of nitrogens with two attached hydrogens (primary N) is 1. The van der Waals surface area contributed by atoms with Crippen LogP contribution in [0.5, 0.6) is 0 Å². The van der Waals surface area contributed by atoms with Crippen LogP contribution in [-0.4, -0.2) is 36.7 Å². The molecule has 1 unspecified atom stereocenters. The molecule has 2 aliphatic rings.